The number of halogens is 1. The maximum Gasteiger partial charge on any atom is 0.113 e. The Bertz CT molecular complexity index is 1240. The third-order valence-electron chi connectivity index (χ3n) is 4.59. The summed E-state index contributed by atoms with van der Waals surface area (Å²) in [5.74, 6) is 0. The number of aromatic nitrogens is 1. The van der Waals surface area contributed by atoms with Crippen LogP contribution < -0.4 is 0 Å². The van der Waals surface area contributed by atoms with Crippen LogP contribution in [0.2, 0.25) is 5.02 Å². The summed E-state index contributed by atoms with van der Waals surface area (Å²) in [4.78, 5) is 4.82. The van der Waals surface area contributed by atoms with Gasteiger partial charge in [-0.25, -0.2) is 4.98 Å². The molecule has 1 heterocycles. The topological polar surface area (TPSA) is 61.4 Å². The molecule has 0 aliphatic heterocycles. The molecule has 0 spiro atoms. The normalized spacial score (nSPS) is 10.8. The second-order valence-corrected chi connectivity index (χ2v) is 7.21. The molecule has 0 atom stereocenters. The molecule has 0 bridgehead atoms. The van der Waals surface area contributed by atoms with E-state index < -0.39 is 0 Å². The minimum absolute atomic E-state index is 0.441. The minimum atomic E-state index is 0.441. The Kier molecular flexibility index (Phi) is 5.65. The van der Waals surface area contributed by atoms with Crippen molar-refractivity contribution in [2.24, 2.45) is 10.2 Å². The summed E-state index contributed by atoms with van der Waals surface area (Å²) in [7, 11) is 0. The molecule has 0 radical (unpaired) electrons. The smallest absolute Gasteiger partial charge is 0.113 e. The SMILES string of the molecule is Cc1ccc(N=Nc2cc(C#N)c(-c3ccccc3)nc2-c2ccc(Cl)cc2)cc1. The Hall–Kier alpha value is -3.81. The van der Waals surface area contributed by atoms with Crippen LogP contribution in [-0.2, 0) is 0 Å². The van der Waals surface area contributed by atoms with E-state index in [2.05, 4.69) is 16.3 Å². The number of aryl methyl sites for hydroxylation is 1. The molecule has 4 aromatic rings. The summed E-state index contributed by atoms with van der Waals surface area (Å²) in [5.41, 5.74) is 5.80. The lowest BCUT2D eigenvalue weighted by atomic mass is 10.0. The molecule has 0 saturated heterocycles. The summed E-state index contributed by atoms with van der Waals surface area (Å²) in [6, 6.07) is 28.8. The van der Waals surface area contributed by atoms with E-state index in [-0.39, 0.29) is 0 Å². The van der Waals surface area contributed by atoms with Gasteiger partial charge in [-0.3, -0.25) is 0 Å². The Balaban J connectivity index is 1.88. The first kappa shape index (κ1) is 19.5. The number of rotatable bonds is 4. The van der Waals surface area contributed by atoms with Gasteiger partial charge in [0.25, 0.3) is 0 Å². The molecule has 0 aliphatic carbocycles. The molecular weight excluding hydrogens is 392 g/mol. The first-order valence-electron chi connectivity index (χ1n) is 9.39. The van der Waals surface area contributed by atoms with Crippen molar-refractivity contribution >= 4 is 23.0 Å². The van der Waals surface area contributed by atoms with Gasteiger partial charge in [0.1, 0.15) is 11.8 Å². The largest absolute Gasteiger partial charge is 0.244 e. The molecule has 5 heteroatoms. The molecular formula is C25H17ClN4. The molecule has 0 aliphatic rings. The number of nitrogens with zero attached hydrogens (tertiary/aromatic N) is 4. The highest BCUT2D eigenvalue weighted by Gasteiger charge is 2.15. The van der Waals surface area contributed by atoms with Gasteiger partial charge in [0.2, 0.25) is 0 Å². The van der Waals surface area contributed by atoms with Crippen LogP contribution in [0.25, 0.3) is 22.5 Å². The van der Waals surface area contributed by atoms with Crippen molar-refractivity contribution in [3.05, 3.63) is 101 Å². The van der Waals surface area contributed by atoms with Crippen LogP contribution in [0.1, 0.15) is 11.1 Å². The van der Waals surface area contributed by atoms with E-state index in [1.807, 2.05) is 73.7 Å². The first-order valence-corrected chi connectivity index (χ1v) is 9.77. The summed E-state index contributed by atoms with van der Waals surface area (Å²) in [5, 5.41) is 19.2. The van der Waals surface area contributed by atoms with Gasteiger partial charge < -0.3 is 0 Å². The van der Waals surface area contributed by atoms with Crippen LogP contribution in [0.4, 0.5) is 11.4 Å². The number of nitriles is 1. The number of hydrogen-bond acceptors (Lipinski definition) is 4. The van der Waals surface area contributed by atoms with E-state index in [0.29, 0.717) is 27.7 Å². The van der Waals surface area contributed by atoms with Gasteiger partial charge in [0, 0.05) is 16.1 Å². The van der Waals surface area contributed by atoms with Crippen LogP contribution >= 0.6 is 11.6 Å². The highest BCUT2D eigenvalue weighted by atomic mass is 35.5. The summed E-state index contributed by atoms with van der Waals surface area (Å²) in [6.07, 6.45) is 0. The Morgan fingerprint density at radius 3 is 2.13 bits per heavy atom. The maximum absolute atomic E-state index is 9.74. The van der Waals surface area contributed by atoms with E-state index in [9.17, 15) is 5.26 Å². The van der Waals surface area contributed by atoms with Crippen LogP contribution in [0, 0.1) is 18.3 Å². The second-order valence-electron chi connectivity index (χ2n) is 6.77. The van der Waals surface area contributed by atoms with E-state index in [0.717, 1.165) is 22.4 Å². The van der Waals surface area contributed by atoms with Gasteiger partial charge in [-0.05, 0) is 37.3 Å². The van der Waals surface area contributed by atoms with E-state index in [1.165, 1.54) is 0 Å². The summed E-state index contributed by atoms with van der Waals surface area (Å²) in [6.45, 7) is 2.02. The summed E-state index contributed by atoms with van der Waals surface area (Å²) >= 11 is 6.06. The van der Waals surface area contributed by atoms with E-state index in [1.54, 1.807) is 18.2 Å². The van der Waals surface area contributed by atoms with Gasteiger partial charge in [-0.1, -0.05) is 71.8 Å². The molecule has 0 amide bonds. The highest BCUT2D eigenvalue weighted by molar-refractivity contribution is 6.30. The molecule has 4 rings (SSSR count). The van der Waals surface area contributed by atoms with E-state index >= 15 is 0 Å². The van der Waals surface area contributed by atoms with Gasteiger partial charge in [0.15, 0.2) is 0 Å². The number of benzene rings is 3. The van der Waals surface area contributed by atoms with Crippen molar-refractivity contribution in [1.29, 1.82) is 5.26 Å². The average Bonchev–Trinajstić information content (AvgIpc) is 2.79. The van der Waals surface area contributed by atoms with Crippen molar-refractivity contribution in [3.8, 4) is 28.6 Å². The number of azo groups is 1. The molecule has 30 heavy (non-hydrogen) atoms. The highest BCUT2D eigenvalue weighted by Crippen LogP contribution is 2.35. The molecule has 0 saturated carbocycles. The summed E-state index contributed by atoms with van der Waals surface area (Å²) < 4.78 is 0. The molecule has 144 valence electrons. The molecule has 0 fully saturated rings. The monoisotopic (exact) mass is 408 g/mol. The molecule has 0 N–H and O–H groups in total. The lowest BCUT2D eigenvalue weighted by Crippen LogP contribution is -1.93. The molecule has 3 aromatic carbocycles. The third-order valence-corrected chi connectivity index (χ3v) is 4.85. The van der Waals surface area contributed by atoms with Crippen molar-refractivity contribution in [3.63, 3.8) is 0 Å². The fourth-order valence-electron chi connectivity index (χ4n) is 3.02. The van der Waals surface area contributed by atoms with Gasteiger partial charge in [-0.2, -0.15) is 10.4 Å². The second kappa shape index (κ2) is 8.69. The number of pyridine rings is 1. The van der Waals surface area contributed by atoms with Crippen molar-refractivity contribution < 1.29 is 0 Å². The number of hydrogen-bond donors (Lipinski definition) is 0. The van der Waals surface area contributed by atoms with Gasteiger partial charge in [-0.15, -0.1) is 5.11 Å². The van der Waals surface area contributed by atoms with E-state index in [4.69, 9.17) is 16.6 Å². The zero-order valence-electron chi connectivity index (χ0n) is 16.2. The third kappa shape index (κ3) is 4.27. The standard InChI is InChI=1S/C25H17ClN4/c1-17-7-13-22(14-8-17)29-30-23-15-20(16-27)24(18-5-3-2-4-6-18)28-25(23)19-9-11-21(26)12-10-19/h2-15H,1H3. The average molecular weight is 409 g/mol. The zero-order valence-corrected chi connectivity index (χ0v) is 17.0. The molecule has 1 aromatic heterocycles. The lowest BCUT2D eigenvalue weighted by molar-refractivity contribution is 1.19. The fraction of sp³-hybridized carbons (Fsp3) is 0.0400. The fourth-order valence-corrected chi connectivity index (χ4v) is 3.15. The van der Waals surface area contributed by atoms with Crippen molar-refractivity contribution in [2.45, 2.75) is 6.92 Å². The molecule has 0 unspecified atom stereocenters. The van der Waals surface area contributed by atoms with Crippen LogP contribution in [0.3, 0.4) is 0 Å². The first-order chi connectivity index (χ1) is 14.6. The quantitative estimate of drug-likeness (QED) is 0.325. The molecule has 4 nitrogen and oxygen atoms in total. The lowest BCUT2D eigenvalue weighted by Gasteiger charge is -2.10. The predicted molar refractivity (Wildman–Crippen MR) is 120 cm³/mol. The zero-order chi connectivity index (χ0) is 20.9. The van der Waals surface area contributed by atoms with Gasteiger partial charge in [0.05, 0.1) is 22.6 Å². The van der Waals surface area contributed by atoms with Crippen LogP contribution in [0.5, 0.6) is 0 Å². The maximum atomic E-state index is 9.74. The Morgan fingerprint density at radius 2 is 1.47 bits per heavy atom. The predicted octanol–water partition coefficient (Wildman–Crippen LogP) is 7.66. The van der Waals surface area contributed by atoms with Gasteiger partial charge >= 0.3 is 0 Å². The Labute approximate surface area is 180 Å². The minimum Gasteiger partial charge on any atom is -0.244 e. The Morgan fingerprint density at radius 1 is 0.800 bits per heavy atom. The van der Waals surface area contributed by atoms with Crippen molar-refractivity contribution in [2.75, 3.05) is 0 Å². The van der Waals surface area contributed by atoms with Crippen molar-refractivity contribution in [1.82, 2.24) is 4.98 Å². The van der Waals surface area contributed by atoms with Crippen LogP contribution in [0.15, 0.2) is 95.2 Å². The van der Waals surface area contributed by atoms with Crippen LogP contribution in [-0.4, -0.2) is 4.98 Å².